The fraction of sp³-hybridized carbons (Fsp3) is 0.438. The summed E-state index contributed by atoms with van der Waals surface area (Å²) in [6, 6.07) is 3.38. The van der Waals surface area contributed by atoms with E-state index < -0.39 is 5.97 Å². The normalized spacial score (nSPS) is 11.7. The molecule has 0 aromatic heterocycles. The van der Waals surface area contributed by atoms with E-state index in [1.54, 1.807) is 19.2 Å². The Balaban J connectivity index is 2.84. The molecule has 9 heteroatoms. The van der Waals surface area contributed by atoms with Crippen LogP contribution in [0.3, 0.4) is 0 Å². The number of esters is 1. The fourth-order valence-corrected chi connectivity index (χ4v) is 2.19. The number of rotatable bonds is 8. The maximum absolute atomic E-state index is 11.2. The zero-order chi connectivity index (χ0) is 18.8. The van der Waals surface area contributed by atoms with Gasteiger partial charge >= 0.3 is 5.97 Å². The Bertz CT molecular complexity index is 611. The van der Waals surface area contributed by atoms with Gasteiger partial charge in [-0.1, -0.05) is 0 Å². The van der Waals surface area contributed by atoms with E-state index in [1.807, 2.05) is 6.92 Å². The molecular formula is C16H23N3O5S. The first kappa shape index (κ1) is 20.7. The highest BCUT2D eigenvalue weighted by molar-refractivity contribution is 7.80. The Labute approximate surface area is 152 Å². The number of carbonyl (C=O) groups is 1. The van der Waals surface area contributed by atoms with Crippen molar-refractivity contribution >= 4 is 29.5 Å². The van der Waals surface area contributed by atoms with E-state index in [-0.39, 0.29) is 11.8 Å². The molecule has 0 bridgehead atoms. The Hall–Kier alpha value is -2.39. The number of carbonyl (C=O) groups excluding carboxylic acids is 1. The third kappa shape index (κ3) is 6.94. The van der Waals surface area contributed by atoms with E-state index in [2.05, 4.69) is 15.8 Å². The second kappa shape index (κ2) is 10.5. The van der Waals surface area contributed by atoms with Crippen molar-refractivity contribution in [3.63, 3.8) is 0 Å². The molecular weight excluding hydrogens is 346 g/mol. The van der Waals surface area contributed by atoms with Crippen molar-refractivity contribution in [1.82, 2.24) is 10.7 Å². The monoisotopic (exact) mass is 369 g/mol. The van der Waals surface area contributed by atoms with Crippen LogP contribution in [-0.4, -0.2) is 51.3 Å². The lowest BCUT2D eigenvalue weighted by Gasteiger charge is -2.14. The maximum Gasteiger partial charge on any atom is 0.308 e. The van der Waals surface area contributed by atoms with E-state index in [1.165, 1.54) is 27.4 Å². The Morgan fingerprint density at radius 1 is 1.28 bits per heavy atom. The van der Waals surface area contributed by atoms with Gasteiger partial charge in [-0.15, -0.1) is 0 Å². The number of nitrogens with one attached hydrogen (secondary N) is 2. The van der Waals surface area contributed by atoms with E-state index >= 15 is 0 Å². The predicted octanol–water partition coefficient (Wildman–Crippen LogP) is 1.46. The number of methoxy groups -OCH3 is 3. The number of nitrogens with zero attached hydrogens (tertiary/aromatic N) is 1. The van der Waals surface area contributed by atoms with Gasteiger partial charge in [0, 0.05) is 25.6 Å². The maximum atomic E-state index is 11.2. The molecule has 138 valence electrons. The molecule has 0 heterocycles. The van der Waals surface area contributed by atoms with Crippen LogP contribution in [0, 0.1) is 0 Å². The fourth-order valence-electron chi connectivity index (χ4n) is 1.93. The van der Waals surface area contributed by atoms with Crippen molar-refractivity contribution in [3.8, 4) is 17.2 Å². The summed E-state index contributed by atoms with van der Waals surface area (Å²) in [5, 5.41) is 7.45. The van der Waals surface area contributed by atoms with Crippen LogP contribution >= 0.6 is 12.2 Å². The van der Waals surface area contributed by atoms with E-state index in [4.69, 9.17) is 31.2 Å². The minimum absolute atomic E-state index is 0.0587. The number of thiocarbonyl (C=S) groups is 1. The van der Waals surface area contributed by atoms with Crippen LogP contribution in [0.25, 0.3) is 0 Å². The summed E-state index contributed by atoms with van der Waals surface area (Å²) in [5.41, 5.74) is 3.38. The van der Waals surface area contributed by atoms with Crippen LogP contribution in [0.4, 0.5) is 0 Å². The molecule has 25 heavy (non-hydrogen) atoms. The number of hydrogen-bond acceptors (Lipinski definition) is 7. The first-order valence-electron chi connectivity index (χ1n) is 7.44. The Morgan fingerprint density at radius 3 is 2.36 bits per heavy atom. The van der Waals surface area contributed by atoms with Gasteiger partial charge in [-0.3, -0.25) is 10.2 Å². The molecule has 8 nitrogen and oxygen atoms in total. The third-order valence-corrected chi connectivity index (χ3v) is 3.11. The lowest BCUT2D eigenvalue weighted by atomic mass is 10.2. The van der Waals surface area contributed by atoms with Crippen LogP contribution in [0.5, 0.6) is 17.2 Å². The molecule has 0 spiro atoms. The lowest BCUT2D eigenvalue weighted by molar-refractivity contribution is -0.132. The average molecular weight is 369 g/mol. The minimum atomic E-state index is -0.471. The molecule has 1 rings (SSSR count). The summed E-state index contributed by atoms with van der Waals surface area (Å²) < 4.78 is 20.6. The second-order valence-electron chi connectivity index (χ2n) is 5.05. The van der Waals surface area contributed by atoms with E-state index in [0.29, 0.717) is 28.8 Å². The molecule has 0 aliphatic carbocycles. The van der Waals surface area contributed by atoms with Crippen LogP contribution in [0.1, 0.15) is 19.4 Å². The zero-order valence-electron chi connectivity index (χ0n) is 14.9. The number of hydrazone groups is 1. The highest BCUT2D eigenvalue weighted by Gasteiger charge is 2.15. The molecule has 0 fully saturated rings. The van der Waals surface area contributed by atoms with Crippen LogP contribution < -0.4 is 25.0 Å². The molecule has 1 atom stereocenters. The molecule has 0 saturated carbocycles. The standard InChI is InChI=1S/C16H23N3O5S/c1-10(9-21-3)18-16(25)19-17-8-12-6-13(22-4)15(24-11(2)20)14(7-12)23-5/h6-8,10H,9H2,1-5H3,(H2,18,19,25)/b17-8-/t10-/m0/s1. The smallest absolute Gasteiger partial charge is 0.308 e. The summed E-state index contributed by atoms with van der Waals surface area (Å²) in [5.74, 6) is 0.449. The highest BCUT2D eigenvalue weighted by Crippen LogP contribution is 2.38. The molecule has 0 aliphatic rings. The number of benzene rings is 1. The second-order valence-corrected chi connectivity index (χ2v) is 5.46. The molecule has 0 unspecified atom stereocenters. The number of ether oxygens (including phenoxy) is 4. The molecule has 2 N–H and O–H groups in total. The number of hydrogen-bond donors (Lipinski definition) is 2. The van der Waals surface area contributed by atoms with Gasteiger partial charge in [0.05, 0.1) is 27.0 Å². The topological polar surface area (TPSA) is 90.4 Å². The zero-order valence-corrected chi connectivity index (χ0v) is 15.7. The highest BCUT2D eigenvalue weighted by atomic mass is 32.1. The van der Waals surface area contributed by atoms with Gasteiger partial charge in [-0.2, -0.15) is 5.10 Å². The van der Waals surface area contributed by atoms with Crippen molar-refractivity contribution in [2.45, 2.75) is 19.9 Å². The minimum Gasteiger partial charge on any atom is -0.493 e. The molecule has 1 aromatic carbocycles. The molecule has 0 aliphatic heterocycles. The Kier molecular flexibility index (Phi) is 8.65. The van der Waals surface area contributed by atoms with Gasteiger partial charge in [-0.25, -0.2) is 0 Å². The summed E-state index contributed by atoms with van der Waals surface area (Å²) in [6.07, 6.45) is 1.54. The SMILES string of the molecule is COC[C@H](C)NC(=S)N/N=C\c1cc(OC)c(OC(C)=O)c(OC)c1. The molecule has 0 radical (unpaired) electrons. The van der Waals surface area contributed by atoms with Crippen molar-refractivity contribution in [3.05, 3.63) is 17.7 Å². The Morgan fingerprint density at radius 2 is 1.88 bits per heavy atom. The van der Waals surface area contributed by atoms with Crippen molar-refractivity contribution in [2.75, 3.05) is 27.9 Å². The van der Waals surface area contributed by atoms with Gasteiger partial charge < -0.3 is 24.3 Å². The molecule has 0 amide bonds. The molecule has 1 aromatic rings. The quantitative estimate of drug-likeness (QED) is 0.234. The van der Waals surface area contributed by atoms with Gasteiger partial charge in [-0.05, 0) is 31.3 Å². The van der Waals surface area contributed by atoms with Crippen molar-refractivity contribution in [2.24, 2.45) is 5.10 Å². The van der Waals surface area contributed by atoms with Crippen LogP contribution in [-0.2, 0) is 9.53 Å². The van der Waals surface area contributed by atoms with Crippen LogP contribution in [0.15, 0.2) is 17.2 Å². The summed E-state index contributed by atoms with van der Waals surface area (Å²) in [4.78, 5) is 11.2. The lowest BCUT2D eigenvalue weighted by Crippen LogP contribution is -2.40. The van der Waals surface area contributed by atoms with E-state index in [0.717, 1.165) is 0 Å². The van der Waals surface area contributed by atoms with Crippen molar-refractivity contribution in [1.29, 1.82) is 0 Å². The van der Waals surface area contributed by atoms with E-state index in [9.17, 15) is 4.79 Å². The van der Waals surface area contributed by atoms with Gasteiger partial charge in [0.25, 0.3) is 0 Å². The predicted molar refractivity (Wildman–Crippen MR) is 98.7 cm³/mol. The van der Waals surface area contributed by atoms with Gasteiger partial charge in [0.2, 0.25) is 5.75 Å². The summed E-state index contributed by atoms with van der Waals surface area (Å²) in [6.45, 7) is 3.76. The summed E-state index contributed by atoms with van der Waals surface area (Å²) in [7, 11) is 4.56. The largest absolute Gasteiger partial charge is 0.493 e. The van der Waals surface area contributed by atoms with Gasteiger partial charge in [0.15, 0.2) is 16.6 Å². The average Bonchev–Trinajstić information content (AvgIpc) is 2.55. The first-order chi connectivity index (χ1) is 11.9. The van der Waals surface area contributed by atoms with Gasteiger partial charge in [0.1, 0.15) is 0 Å². The summed E-state index contributed by atoms with van der Waals surface area (Å²) >= 11 is 5.13. The van der Waals surface area contributed by atoms with Crippen molar-refractivity contribution < 1.29 is 23.7 Å². The van der Waals surface area contributed by atoms with Crippen LogP contribution in [0.2, 0.25) is 0 Å². The molecule has 0 saturated heterocycles. The first-order valence-corrected chi connectivity index (χ1v) is 7.85. The third-order valence-electron chi connectivity index (χ3n) is 2.90.